The first-order valence-corrected chi connectivity index (χ1v) is 7.77. The number of benzene rings is 1. The Bertz CT molecular complexity index is 481. The molecule has 0 spiro atoms. The summed E-state index contributed by atoms with van der Waals surface area (Å²) in [5, 5.41) is 4.16. The van der Waals surface area contributed by atoms with Crippen LogP contribution in [0, 0.1) is 18.2 Å². The van der Waals surface area contributed by atoms with E-state index in [0.29, 0.717) is 5.41 Å². The molecule has 1 N–H and O–H groups in total. The van der Waals surface area contributed by atoms with Gasteiger partial charge >= 0.3 is 0 Å². The molecule has 4 heteroatoms. The average Bonchev–Trinajstić information content (AvgIpc) is 2.44. The van der Waals surface area contributed by atoms with Crippen molar-refractivity contribution in [1.29, 1.82) is 0 Å². The second kappa shape index (κ2) is 5.95. The molecular formula is C15H21FN2S. The molecule has 0 aliphatic carbocycles. The van der Waals surface area contributed by atoms with Crippen molar-refractivity contribution >= 4 is 22.6 Å². The monoisotopic (exact) mass is 280 g/mol. The van der Waals surface area contributed by atoms with Crippen molar-refractivity contribution in [3.63, 3.8) is 0 Å². The van der Waals surface area contributed by atoms with Crippen LogP contribution in [0.1, 0.15) is 32.3 Å². The summed E-state index contributed by atoms with van der Waals surface area (Å²) in [5.74, 6) is 0.867. The van der Waals surface area contributed by atoms with Gasteiger partial charge in [-0.3, -0.25) is 4.99 Å². The zero-order chi connectivity index (χ0) is 13.9. The van der Waals surface area contributed by atoms with Gasteiger partial charge in [-0.05, 0) is 42.9 Å². The van der Waals surface area contributed by atoms with Gasteiger partial charge in [0.15, 0.2) is 5.17 Å². The highest BCUT2D eigenvalue weighted by atomic mass is 32.2. The van der Waals surface area contributed by atoms with Gasteiger partial charge < -0.3 is 5.32 Å². The number of anilines is 1. The van der Waals surface area contributed by atoms with Crippen LogP contribution >= 0.6 is 11.8 Å². The molecule has 1 heterocycles. The lowest BCUT2D eigenvalue weighted by Gasteiger charge is -2.33. The third kappa shape index (κ3) is 3.30. The van der Waals surface area contributed by atoms with Crippen LogP contribution in [-0.4, -0.2) is 17.5 Å². The molecule has 2 nitrogen and oxygen atoms in total. The molecule has 1 aliphatic heterocycles. The number of halogens is 1. The Hall–Kier alpha value is -1.03. The molecule has 0 radical (unpaired) electrons. The number of amidine groups is 1. The first-order valence-electron chi connectivity index (χ1n) is 6.79. The normalized spacial score (nSPS) is 18.0. The largest absolute Gasteiger partial charge is 0.335 e. The Morgan fingerprint density at radius 2 is 2.11 bits per heavy atom. The van der Waals surface area contributed by atoms with Gasteiger partial charge in [-0.25, -0.2) is 4.39 Å². The van der Waals surface area contributed by atoms with Crippen molar-refractivity contribution in [2.24, 2.45) is 10.4 Å². The highest BCUT2D eigenvalue weighted by molar-refractivity contribution is 8.14. The van der Waals surface area contributed by atoms with E-state index in [2.05, 4.69) is 24.2 Å². The maximum atomic E-state index is 13.2. The van der Waals surface area contributed by atoms with Crippen LogP contribution in [0.15, 0.2) is 23.2 Å². The van der Waals surface area contributed by atoms with Gasteiger partial charge in [0.25, 0.3) is 0 Å². The smallest absolute Gasteiger partial charge is 0.161 e. The predicted octanol–water partition coefficient (Wildman–Crippen LogP) is 4.46. The number of nitrogens with one attached hydrogen (secondary N) is 1. The maximum absolute atomic E-state index is 13.2. The summed E-state index contributed by atoms with van der Waals surface area (Å²) < 4.78 is 13.2. The minimum absolute atomic E-state index is 0.217. The van der Waals surface area contributed by atoms with Crippen LogP contribution in [0.4, 0.5) is 10.1 Å². The number of aliphatic imine (C=N–C) groups is 1. The lowest BCUT2D eigenvalue weighted by atomic mass is 9.84. The van der Waals surface area contributed by atoms with Gasteiger partial charge in [-0.2, -0.15) is 0 Å². The fourth-order valence-electron chi connectivity index (χ4n) is 2.15. The second-order valence-corrected chi connectivity index (χ2v) is 6.17. The molecule has 1 aromatic carbocycles. The average molecular weight is 280 g/mol. The first-order chi connectivity index (χ1) is 9.08. The number of hydrogen-bond donors (Lipinski definition) is 1. The lowest BCUT2D eigenvalue weighted by molar-refractivity contribution is 0.318. The molecule has 2 rings (SSSR count). The first kappa shape index (κ1) is 14.4. The summed E-state index contributed by atoms with van der Waals surface area (Å²) in [6.45, 7) is 7.30. The molecule has 1 aliphatic rings. The molecule has 104 valence electrons. The molecule has 0 bridgehead atoms. The SMILES string of the molecule is CCC1(CC)CN=C(Nc2cc(F)ccc2C)SC1. The van der Waals surface area contributed by atoms with Gasteiger partial charge in [-0.1, -0.05) is 31.7 Å². The molecule has 0 amide bonds. The Morgan fingerprint density at radius 1 is 1.37 bits per heavy atom. The topological polar surface area (TPSA) is 24.4 Å². The molecule has 1 aromatic rings. The van der Waals surface area contributed by atoms with Crippen molar-refractivity contribution < 1.29 is 4.39 Å². The van der Waals surface area contributed by atoms with Crippen LogP contribution in [0.5, 0.6) is 0 Å². The van der Waals surface area contributed by atoms with Crippen LogP contribution in [-0.2, 0) is 0 Å². The second-order valence-electron chi connectivity index (χ2n) is 5.20. The van der Waals surface area contributed by atoms with Crippen LogP contribution in [0.2, 0.25) is 0 Å². The Labute approximate surface area is 118 Å². The summed E-state index contributed by atoms with van der Waals surface area (Å²) in [7, 11) is 0. The van der Waals surface area contributed by atoms with E-state index < -0.39 is 0 Å². The predicted molar refractivity (Wildman–Crippen MR) is 82.5 cm³/mol. The molecule has 19 heavy (non-hydrogen) atoms. The zero-order valence-corrected chi connectivity index (χ0v) is 12.6. The molecule has 0 saturated heterocycles. The van der Waals surface area contributed by atoms with Crippen molar-refractivity contribution in [2.75, 3.05) is 17.6 Å². The Morgan fingerprint density at radius 3 is 2.68 bits per heavy atom. The van der Waals surface area contributed by atoms with Crippen molar-refractivity contribution in [3.05, 3.63) is 29.6 Å². The van der Waals surface area contributed by atoms with Gasteiger partial charge in [0.1, 0.15) is 5.82 Å². The van der Waals surface area contributed by atoms with Crippen LogP contribution in [0.25, 0.3) is 0 Å². The molecule has 0 saturated carbocycles. The summed E-state index contributed by atoms with van der Waals surface area (Å²) in [5.41, 5.74) is 2.19. The minimum atomic E-state index is -0.217. The van der Waals surface area contributed by atoms with E-state index in [0.717, 1.165) is 41.6 Å². The van der Waals surface area contributed by atoms with Crippen molar-refractivity contribution in [2.45, 2.75) is 33.6 Å². The molecule has 0 atom stereocenters. The van der Waals surface area contributed by atoms with Gasteiger partial charge in [0.05, 0.1) is 0 Å². The highest BCUT2D eigenvalue weighted by Gasteiger charge is 2.30. The number of nitrogens with zero attached hydrogens (tertiary/aromatic N) is 1. The fraction of sp³-hybridized carbons (Fsp3) is 0.533. The molecular weight excluding hydrogens is 259 g/mol. The highest BCUT2D eigenvalue weighted by Crippen LogP contribution is 2.35. The minimum Gasteiger partial charge on any atom is -0.335 e. The van der Waals surface area contributed by atoms with Crippen LogP contribution in [0.3, 0.4) is 0 Å². The zero-order valence-electron chi connectivity index (χ0n) is 11.8. The van der Waals surface area contributed by atoms with Crippen LogP contribution < -0.4 is 5.32 Å². The van der Waals surface area contributed by atoms with Gasteiger partial charge in [0, 0.05) is 18.0 Å². The molecule has 0 fully saturated rings. The number of rotatable bonds is 3. The third-order valence-corrected chi connectivity index (χ3v) is 5.28. The Kier molecular flexibility index (Phi) is 4.50. The molecule has 0 unspecified atom stereocenters. The summed E-state index contributed by atoms with van der Waals surface area (Å²) in [4.78, 5) is 4.64. The van der Waals surface area contributed by atoms with E-state index >= 15 is 0 Å². The number of hydrogen-bond acceptors (Lipinski definition) is 3. The van der Waals surface area contributed by atoms with E-state index in [-0.39, 0.29) is 5.82 Å². The van der Waals surface area contributed by atoms with E-state index in [1.54, 1.807) is 17.8 Å². The Balaban J connectivity index is 2.09. The van der Waals surface area contributed by atoms with Crippen molar-refractivity contribution in [1.82, 2.24) is 0 Å². The summed E-state index contributed by atoms with van der Waals surface area (Å²) >= 11 is 1.75. The van der Waals surface area contributed by atoms with E-state index in [4.69, 9.17) is 0 Å². The van der Waals surface area contributed by atoms with E-state index in [1.165, 1.54) is 12.1 Å². The summed E-state index contributed by atoms with van der Waals surface area (Å²) in [6.07, 6.45) is 2.32. The maximum Gasteiger partial charge on any atom is 0.161 e. The number of thioether (sulfide) groups is 1. The van der Waals surface area contributed by atoms with Crippen molar-refractivity contribution in [3.8, 4) is 0 Å². The third-order valence-electron chi connectivity index (χ3n) is 4.01. The standard InChI is InChI=1S/C15H21FN2S/c1-4-15(5-2)9-17-14(19-10-15)18-13-8-12(16)7-6-11(13)3/h6-8H,4-5,9-10H2,1-3H3,(H,17,18). The lowest BCUT2D eigenvalue weighted by Crippen LogP contribution is -2.32. The quantitative estimate of drug-likeness (QED) is 0.884. The van der Waals surface area contributed by atoms with E-state index in [9.17, 15) is 4.39 Å². The van der Waals surface area contributed by atoms with E-state index in [1.807, 2.05) is 6.92 Å². The fourth-order valence-corrected chi connectivity index (χ4v) is 3.43. The van der Waals surface area contributed by atoms with Gasteiger partial charge in [-0.15, -0.1) is 0 Å². The number of aryl methyl sites for hydroxylation is 1. The molecule has 0 aromatic heterocycles. The van der Waals surface area contributed by atoms with Gasteiger partial charge in [0.2, 0.25) is 0 Å². The summed E-state index contributed by atoms with van der Waals surface area (Å²) in [6, 6.07) is 4.80.